The summed E-state index contributed by atoms with van der Waals surface area (Å²) in [6.45, 7) is 3.55. The van der Waals surface area contributed by atoms with Crippen molar-refractivity contribution in [1.29, 1.82) is 0 Å². The Morgan fingerprint density at radius 3 is 2.94 bits per heavy atom. The van der Waals surface area contributed by atoms with E-state index in [1.54, 1.807) is 6.20 Å². The van der Waals surface area contributed by atoms with Crippen LogP contribution in [0.25, 0.3) is 5.69 Å². The van der Waals surface area contributed by atoms with Crippen LogP contribution in [0, 0.1) is 6.92 Å². The number of ether oxygens (including phenoxy) is 1. The van der Waals surface area contributed by atoms with Crippen molar-refractivity contribution in [3.8, 4) is 11.4 Å². The van der Waals surface area contributed by atoms with Gasteiger partial charge in [0.15, 0.2) is 5.75 Å². The molecule has 0 radical (unpaired) electrons. The molecule has 0 saturated heterocycles. The maximum Gasteiger partial charge on any atom is 0.157 e. The number of para-hydroxylation sites is 1. The molecule has 0 fully saturated rings. The van der Waals surface area contributed by atoms with E-state index < -0.39 is 0 Å². The molecule has 90 valence electrons. The number of aryl methyl sites for hydroxylation is 1. The molecule has 0 bridgehead atoms. The van der Waals surface area contributed by atoms with Gasteiger partial charge in [0.25, 0.3) is 0 Å². The van der Waals surface area contributed by atoms with E-state index in [1.165, 1.54) is 5.56 Å². The Morgan fingerprint density at radius 1 is 1.35 bits per heavy atom. The van der Waals surface area contributed by atoms with Gasteiger partial charge >= 0.3 is 0 Å². The minimum absolute atomic E-state index is 0.649. The van der Waals surface area contributed by atoms with Gasteiger partial charge in [0, 0.05) is 6.54 Å². The van der Waals surface area contributed by atoms with E-state index >= 15 is 0 Å². The average molecular weight is 231 g/mol. The van der Waals surface area contributed by atoms with E-state index in [0.717, 1.165) is 18.0 Å². The fourth-order valence-electron chi connectivity index (χ4n) is 1.60. The summed E-state index contributed by atoms with van der Waals surface area (Å²) in [5, 5.41) is 7.33. The van der Waals surface area contributed by atoms with E-state index in [0.29, 0.717) is 6.61 Å². The molecule has 1 heterocycles. The summed E-state index contributed by atoms with van der Waals surface area (Å²) in [6.07, 6.45) is 3.64. The predicted octanol–water partition coefficient (Wildman–Crippen LogP) is 1.78. The topological polar surface area (TPSA) is 39.1 Å². The van der Waals surface area contributed by atoms with E-state index in [1.807, 2.05) is 36.1 Å². The molecule has 17 heavy (non-hydrogen) atoms. The third-order valence-corrected chi connectivity index (χ3v) is 2.54. The third kappa shape index (κ3) is 2.85. The predicted molar refractivity (Wildman–Crippen MR) is 67.7 cm³/mol. The van der Waals surface area contributed by atoms with Crippen molar-refractivity contribution in [2.24, 2.45) is 0 Å². The van der Waals surface area contributed by atoms with Crippen molar-refractivity contribution < 1.29 is 4.74 Å². The number of likely N-dealkylation sites (N-methyl/N-ethyl adjacent to an activating group) is 1. The summed E-state index contributed by atoms with van der Waals surface area (Å²) in [4.78, 5) is 0. The Hall–Kier alpha value is -1.81. The molecular weight excluding hydrogens is 214 g/mol. The summed E-state index contributed by atoms with van der Waals surface area (Å²) < 4.78 is 7.38. The van der Waals surface area contributed by atoms with Gasteiger partial charge < -0.3 is 10.1 Å². The lowest BCUT2D eigenvalue weighted by Gasteiger charge is -2.04. The molecule has 1 N–H and O–H groups in total. The minimum atomic E-state index is 0.649. The molecule has 0 unspecified atom stereocenters. The lowest BCUT2D eigenvalue weighted by Crippen LogP contribution is -2.15. The van der Waals surface area contributed by atoms with Crippen molar-refractivity contribution in [1.82, 2.24) is 15.1 Å². The van der Waals surface area contributed by atoms with Crippen LogP contribution in [-0.2, 0) is 0 Å². The highest BCUT2D eigenvalue weighted by molar-refractivity contribution is 5.40. The zero-order valence-corrected chi connectivity index (χ0v) is 10.2. The molecule has 0 amide bonds. The molecular formula is C13H17N3O. The highest BCUT2D eigenvalue weighted by Gasteiger charge is 2.03. The zero-order chi connectivity index (χ0) is 12.1. The number of benzene rings is 1. The molecule has 0 saturated carbocycles. The minimum Gasteiger partial charge on any atom is -0.489 e. The SMILES string of the molecule is CNCCOc1cnn(-c2ccccc2C)c1. The Kier molecular flexibility index (Phi) is 3.77. The first-order valence-corrected chi connectivity index (χ1v) is 5.69. The van der Waals surface area contributed by atoms with Crippen LogP contribution in [0.15, 0.2) is 36.7 Å². The number of hydrogen-bond acceptors (Lipinski definition) is 3. The van der Waals surface area contributed by atoms with Gasteiger partial charge in [0.1, 0.15) is 6.61 Å². The quantitative estimate of drug-likeness (QED) is 0.797. The average Bonchev–Trinajstić information content (AvgIpc) is 2.79. The van der Waals surface area contributed by atoms with E-state index in [2.05, 4.69) is 23.4 Å². The Morgan fingerprint density at radius 2 is 2.18 bits per heavy atom. The van der Waals surface area contributed by atoms with Crippen LogP contribution in [0.4, 0.5) is 0 Å². The number of aromatic nitrogens is 2. The van der Waals surface area contributed by atoms with Crippen molar-refractivity contribution in [3.63, 3.8) is 0 Å². The highest BCUT2D eigenvalue weighted by atomic mass is 16.5. The van der Waals surface area contributed by atoms with E-state index in [4.69, 9.17) is 4.74 Å². The second-order valence-electron chi connectivity index (χ2n) is 3.86. The van der Waals surface area contributed by atoms with Gasteiger partial charge in [-0.1, -0.05) is 18.2 Å². The van der Waals surface area contributed by atoms with Gasteiger partial charge in [-0.3, -0.25) is 0 Å². The molecule has 1 aromatic carbocycles. The number of nitrogens with one attached hydrogen (secondary N) is 1. The zero-order valence-electron chi connectivity index (χ0n) is 10.2. The summed E-state index contributed by atoms with van der Waals surface area (Å²) >= 11 is 0. The van der Waals surface area contributed by atoms with Gasteiger partial charge in [-0.15, -0.1) is 0 Å². The van der Waals surface area contributed by atoms with Gasteiger partial charge in [0.05, 0.1) is 18.1 Å². The second kappa shape index (κ2) is 5.50. The maximum atomic E-state index is 5.54. The van der Waals surface area contributed by atoms with Crippen LogP contribution in [0.2, 0.25) is 0 Å². The molecule has 0 aliphatic heterocycles. The van der Waals surface area contributed by atoms with Crippen LogP contribution in [0.1, 0.15) is 5.56 Å². The lowest BCUT2D eigenvalue weighted by atomic mass is 10.2. The van der Waals surface area contributed by atoms with Gasteiger partial charge in [-0.25, -0.2) is 4.68 Å². The number of nitrogens with zero attached hydrogens (tertiary/aromatic N) is 2. The molecule has 0 atom stereocenters. The molecule has 0 spiro atoms. The molecule has 4 nitrogen and oxygen atoms in total. The van der Waals surface area contributed by atoms with Gasteiger partial charge in [-0.2, -0.15) is 5.10 Å². The summed E-state index contributed by atoms with van der Waals surface area (Å²) in [6, 6.07) is 8.14. The Bertz CT molecular complexity index is 479. The van der Waals surface area contributed by atoms with Crippen LogP contribution >= 0.6 is 0 Å². The highest BCUT2D eigenvalue weighted by Crippen LogP contribution is 2.16. The molecule has 0 aliphatic rings. The summed E-state index contributed by atoms with van der Waals surface area (Å²) in [7, 11) is 1.90. The largest absolute Gasteiger partial charge is 0.489 e. The number of hydrogen-bond donors (Lipinski definition) is 1. The van der Waals surface area contributed by atoms with Crippen molar-refractivity contribution in [2.75, 3.05) is 20.2 Å². The second-order valence-corrected chi connectivity index (χ2v) is 3.86. The van der Waals surface area contributed by atoms with Crippen LogP contribution in [-0.4, -0.2) is 30.0 Å². The molecule has 1 aromatic heterocycles. The van der Waals surface area contributed by atoms with Crippen molar-refractivity contribution in [3.05, 3.63) is 42.2 Å². The van der Waals surface area contributed by atoms with Crippen LogP contribution in [0.5, 0.6) is 5.75 Å². The van der Waals surface area contributed by atoms with E-state index in [9.17, 15) is 0 Å². The summed E-state index contributed by atoms with van der Waals surface area (Å²) in [5.74, 6) is 0.795. The molecule has 0 aliphatic carbocycles. The monoisotopic (exact) mass is 231 g/mol. The van der Waals surface area contributed by atoms with Crippen molar-refractivity contribution in [2.45, 2.75) is 6.92 Å². The molecule has 4 heteroatoms. The maximum absolute atomic E-state index is 5.54. The van der Waals surface area contributed by atoms with Gasteiger partial charge in [-0.05, 0) is 25.6 Å². The fourth-order valence-corrected chi connectivity index (χ4v) is 1.60. The first kappa shape index (κ1) is 11.7. The van der Waals surface area contributed by atoms with E-state index in [-0.39, 0.29) is 0 Å². The Balaban J connectivity index is 2.10. The lowest BCUT2D eigenvalue weighted by molar-refractivity contribution is 0.318. The molecule has 2 aromatic rings. The fraction of sp³-hybridized carbons (Fsp3) is 0.308. The summed E-state index contributed by atoms with van der Waals surface area (Å²) in [5.41, 5.74) is 2.27. The normalized spacial score (nSPS) is 10.5. The van der Waals surface area contributed by atoms with Crippen molar-refractivity contribution >= 4 is 0 Å². The Labute approximate surface area is 101 Å². The first-order chi connectivity index (χ1) is 8.31. The van der Waals surface area contributed by atoms with Crippen LogP contribution < -0.4 is 10.1 Å². The standard InChI is InChI=1S/C13H17N3O/c1-11-5-3-4-6-13(11)16-10-12(9-15-16)17-8-7-14-2/h3-6,9-10,14H,7-8H2,1-2H3. The third-order valence-electron chi connectivity index (χ3n) is 2.54. The number of rotatable bonds is 5. The van der Waals surface area contributed by atoms with Crippen LogP contribution in [0.3, 0.4) is 0 Å². The molecule has 2 rings (SSSR count). The first-order valence-electron chi connectivity index (χ1n) is 5.69. The smallest absolute Gasteiger partial charge is 0.157 e. The van der Waals surface area contributed by atoms with Gasteiger partial charge in [0.2, 0.25) is 0 Å².